The number of hydrogen-bond donors (Lipinski definition) is 1. The summed E-state index contributed by atoms with van der Waals surface area (Å²) in [5.74, 6) is -1.88. The molecule has 0 aliphatic heterocycles. The van der Waals surface area contributed by atoms with Gasteiger partial charge >= 0.3 is 0 Å². The Balaban J connectivity index is 2.86. The predicted molar refractivity (Wildman–Crippen MR) is 80.2 cm³/mol. The molecule has 2 N–H and O–H groups in total. The molecule has 2 aromatic rings. The van der Waals surface area contributed by atoms with Crippen LogP contribution in [-0.2, 0) is 10.0 Å². The largest absolute Gasteiger partial charge is 0.480 e. The van der Waals surface area contributed by atoms with Crippen LogP contribution in [0.5, 0.6) is 5.88 Å². The lowest BCUT2D eigenvalue weighted by Crippen LogP contribution is -2.16. The van der Waals surface area contributed by atoms with Gasteiger partial charge in [0.25, 0.3) is 0 Å². The molecule has 0 radical (unpaired) electrons. The number of methoxy groups -OCH3 is 1. The van der Waals surface area contributed by atoms with Crippen molar-refractivity contribution in [2.45, 2.75) is 4.90 Å². The van der Waals surface area contributed by atoms with Crippen LogP contribution >= 0.6 is 22.6 Å². The van der Waals surface area contributed by atoms with Gasteiger partial charge in [-0.1, -0.05) is 0 Å². The minimum atomic E-state index is -4.21. The molecule has 0 amide bonds. The summed E-state index contributed by atoms with van der Waals surface area (Å²) in [7, 11) is -3.00. The van der Waals surface area contributed by atoms with E-state index in [-0.39, 0.29) is 20.6 Å². The predicted octanol–water partition coefficient (Wildman–Crippen LogP) is 2.29. The van der Waals surface area contributed by atoms with Crippen LogP contribution in [0, 0.1) is 15.2 Å². The minimum Gasteiger partial charge on any atom is -0.480 e. The standard InChI is InChI=1S/C12H9F2IN2O3S/c1-20-12-11(21(16,18)19)7(4-5-17-12)6-2-3-8(13)10(15)9(6)14/h2-5H,1H3,(H2,16,18,19). The number of benzene rings is 1. The average Bonchev–Trinajstić information content (AvgIpc) is 2.43. The summed E-state index contributed by atoms with van der Waals surface area (Å²) >= 11 is 1.49. The molecule has 1 heterocycles. The van der Waals surface area contributed by atoms with Crippen molar-refractivity contribution in [2.24, 2.45) is 5.14 Å². The summed E-state index contributed by atoms with van der Waals surface area (Å²) in [4.78, 5) is 3.29. The molecule has 2 rings (SSSR count). The van der Waals surface area contributed by atoms with Crippen molar-refractivity contribution in [3.8, 4) is 17.0 Å². The third-order valence-corrected chi connectivity index (χ3v) is 4.63. The van der Waals surface area contributed by atoms with Gasteiger partial charge in [0.05, 0.1) is 10.7 Å². The zero-order valence-corrected chi connectivity index (χ0v) is 13.6. The molecule has 0 aliphatic carbocycles. The number of primary sulfonamides is 1. The first-order chi connectivity index (χ1) is 9.77. The number of nitrogens with two attached hydrogens (primary N) is 1. The summed E-state index contributed by atoms with van der Waals surface area (Å²) < 4.78 is 55.6. The molecule has 9 heteroatoms. The van der Waals surface area contributed by atoms with Crippen LogP contribution in [0.1, 0.15) is 0 Å². The monoisotopic (exact) mass is 426 g/mol. The van der Waals surface area contributed by atoms with E-state index < -0.39 is 26.6 Å². The average molecular weight is 426 g/mol. The highest BCUT2D eigenvalue weighted by molar-refractivity contribution is 14.1. The Labute approximate surface area is 133 Å². The van der Waals surface area contributed by atoms with Crippen LogP contribution in [0.25, 0.3) is 11.1 Å². The molecule has 0 fully saturated rings. The molecule has 1 aromatic carbocycles. The lowest BCUT2D eigenvalue weighted by atomic mass is 10.1. The van der Waals surface area contributed by atoms with E-state index in [4.69, 9.17) is 9.88 Å². The molecule has 0 bridgehead atoms. The van der Waals surface area contributed by atoms with Crippen LogP contribution in [-0.4, -0.2) is 20.5 Å². The number of sulfonamides is 1. The number of rotatable bonds is 3. The molecular formula is C12H9F2IN2O3S. The van der Waals surface area contributed by atoms with Crippen molar-refractivity contribution < 1.29 is 21.9 Å². The topological polar surface area (TPSA) is 82.3 Å². The Morgan fingerprint density at radius 2 is 1.90 bits per heavy atom. The van der Waals surface area contributed by atoms with Gasteiger partial charge in [0.2, 0.25) is 15.9 Å². The molecular weight excluding hydrogens is 417 g/mol. The molecule has 0 unspecified atom stereocenters. The van der Waals surface area contributed by atoms with Crippen LogP contribution < -0.4 is 9.88 Å². The van der Waals surface area contributed by atoms with Crippen LogP contribution in [0.4, 0.5) is 8.78 Å². The maximum atomic E-state index is 14.2. The second-order valence-corrected chi connectivity index (χ2v) is 6.54. The summed E-state index contributed by atoms with van der Waals surface area (Å²) in [6.07, 6.45) is 1.25. The first-order valence-corrected chi connectivity index (χ1v) is 8.09. The fraction of sp³-hybridized carbons (Fsp3) is 0.0833. The first-order valence-electron chi connectivity index (χ1n) is 5.47. The van der Waals surface area contributed by atoms with Gasteiger partial charge in [-0.05, 0) is 40.8 Å². The molecule has 5 nitrogen and oxygen atoms in total. The van der Waals surface area contributed by atoms with Gasteiger partial charge in [-0.25, -0.2) is 27.3 Å². The van der Waals surface area contributed by atoms with E-state index in [0.717, 1.165) is 12.1 Å². The minimum absolute atomic E-state index is 0.0419. The number of halogens is 3. The Morgan fingerprint density at radius 3 is 2.48 bits per heavy atom. The van der Waals surface area contributed by atoms with E-state index >= 15 is 0 Å². The fourth-order valence-corrected chi connectivity index (χ4v) is 3.13. The molecule has 0 aliphatic rings. The zero-order valence-electron chi connectivity index (χ0n) is 10.6. The molecule has 0 saturated heterocycles. The summed E-state index contributed by atoms with van der Waals surface area (Å²) in [5, 5.41) is 5.14. The Kier molecular flexibility index (Phi) is 4.44. The smallest absolute Gasteiger partial charge is 0.244 e. The highest BCUT2D eigenvalue weighted by atomic mass is 127. The van der Waals surface area contributed by atoms with E-state index in [9.17, 15) is 17.2 Å². The second-order valence-electron chi connectivity index (χ2n) is 3.96. The van der Waals surface area contributed by atoms with E-state index in [1.807, 2.05) is 0 Å². The third-order valence-electron chi connectivity index (χ3n) is 2.68. The maximum absolute atomic E-state index is 14.2. The number of nitrogens with zero attached hydrogens (tertiary/aromatic N) is 1. The van der Waals surface area contributed by atoms with Gasteiger partial charge in [0.15, 0.2) is 4.90 Å². The zero-order chi connectivity index (χ0) is 15.8. The van der Waals surface area contributed by atoms with Gasteiger partial charge < -0.3 is 4.74 Å². The SMILES string of the molecule is COc1nccc(-c2ccc(F)c(I)c2F)c1S(N)(=O)=O. The van der Waals surface area contributed by atoms with E-state index in [1.54, 1.807) is 0 Å². The Bertz CT molecular complexity index is 812. The van der Waals surface area contributed by atoms with Gasteiger partial charge in [-0.3, -0.25) is 0 Å². The highest BCUT2D eigenvalue weighted by Crippen LogP contribution is 2.35. The molecule has 1 aromatic heterocycles. The molecule has 21 heavy (non-hydrogen) atoms. The van der Waals surface area contributed by atoms with Gasteiger partial charge in [0.1, 0.15) is 11.6 Å². The quantitative estimate of drug-likeness (QED) is 0.604. The van der Waals surface area contributed by atoms with Crippen molar-refractivity contribution in [3.63, 3.8) is 0 Å². The molecule has 0 atom stereocenters. The fourth-order valence-electron chi connectivity index (χ4n) is 1.80. The van der Waals surface area contributed by atoms with Crippen LogP contribution in [0.2, 0.25) is 0 Å². The second kappa shape index (κ2) is 5.81. The summed E-state index contributed by atoms with van der Waals surface area (Å²) in [6.45, 7) is 0. The van der Waals surface area contributed by atoms with E-state index in [1.165, 1.54) is 42.0 Å². The number of pyridine rings is 1. The first kappa shape index (κ1) is 16.0. The van der Waals surface area contributed by atoms with Crippen LogP contribution in [0.3, 0.4) is 0 Å². The van der Waals surface area contributed by atoms with Crippen LogP contribution in [0.15, 0.2) is 29.3 Å². The molecule has 112 valence electrons. The maximum Gasteiger partial charge on any atom is 0.244 e. The lowest BCUT2D eigenvalue weighted by molar-refractivity contribution is 0.385. The van der Waals surface area contributed by atoms with Gasteiger partial charge in [0, 0.05) is 17.3 Å². The van der Waals surface area contributed by atoms with E-state index in [0.29, 0.717) is 0 Å². The van der Waals surface area contributed by atoms with Crippen molar-refractivity contribution in [1.82, 2.24) is 4.98 Å². The molecule has 0 spiro atoms. The van der Waals surface area contributed by atoms with Gasteiger partial charge in [-0.15, -0.1) is 0 Å². The van der Waals surface area contributed by atoms with E-state index in [2.05, 4.69) is 4.98 Å². The van der Waals surface area contributed by atoms with Crippen molar-refractivity contribution in [2.75, 3.05) is 7.11 Å². The highest BCUT2D eigenvalue weighted by Gasteiger charge is 2.25. The number of ether oxygens (including phenoxy) is 1. The van der Waals surface area contributed by atoms with Gasteiger partial charge in [-0.2, -0.15) is 0 Å². The van der Waals surface area contributed by atoms with Crippen molar-refractivity contribution in [1.29, 1.82) is 0 Å². The number of hydrogen-bond acceptors (Lipinski definition) is 4. The number of aromatic nitrogens is 1. The normalized spacial score (nSPS) is 11.5. The molecule has 0 saturated carbocycles. The summed E-state index contributed by atoms with van der Waals surface area (Å²) in [6, 6.07) is 3.45. The van der Waals surface area contributed by atoms with Crippen molar-refractivity contribution in [3.05, 3.63) is 39.6 Å². The third kappa shape index (κ3) is 2.99. The lowest BCUT2D eigenvalue weighted by Gasteiger charge is -2.12. The summed E-state index contributed by atoms with van der Waals surface area (Å²) in [5.41, 5.74) is -0.148. The Hall–Kier alpha value is -1.33. The van der Waals surface area contributed by atoms with Crippen molar-refractivity contribution >= 4 is 32.6 Å². The Morgan fingerprint density at radius 1 is 1.24 bits per heavy atom.